The van der Waals surface area contributed by atoms with E-state index in [0.717, 1.165) is 5.56 Å². The first-order valence-electron chi connectivity index (χ1n) is 6.48. The molecule has 20 heavy (non-hydrogen) atoms. The van der Waals surface area contributed by atoms with Crippen molar-refractivity contribution in [2.45, 2.75) is 19.6 Å². The summed E-state index contributed by atoms with van der Waals surface area (Å²) in [6.07, 6.45) is 2.36. The van der Waals surface area contributed by atoms with E-state index in [-0.39, 0.29) is 13.2 Å². The lowest BCUT2D eigenvalue weighted by atomic mass is 10.2. The molecule has 0 radical (unpaired) electrons. The molecule has 1 aromatic carbocycles. The van der Waals surface area contributed by atoms with Crippen molar-refractivity contribution < 1.29 is 19.1 Å². The molecule has 0 saturated carbocycles. The fraction of sp³-hybridized carbons (Fsp3) is 0.333. The van der Waals surface area contributed by atoms with E-state index in [2.05, 4.69) is 0 Å². The van der Waals surface area contributed by atoms with Gasteiger partial charge in [-0.2, -0.15) is 0 Å². The van der Waals surface area contributed by atoms with Gasteiger partial charge in [-0.15, -0.1) is 0 Å². The van der Waals surface area contributed by atoms with Crippen LogP contribution in [0.5, 0.6) is 0 Å². The van der Waals surface area contributed by atoms with Crippen LogP contribution in [0.15, 0.2) is 42.5 Å². The molecule has 5 heteroatoms. The summed E-state index contributed by atoms with van der Waals surface area (Å²) in [5.74, 6) is -0.509. The zero-order valence-corrected chi connectivity index (χ0v) is 11.3. The minimum Gasteiger partial charge on any atom is -0.458 e. The van der Waals surface area contributed by atoms with Gasteiger partial charge in [-0.1, -0.05) is 42.5 Å². The maximum atomic E-state index is 11.8. The van der Waals surface area contributed by atoms with Gasteiger partial charge in [0.2, 0.25) is 6.10 Å². The molecular formula is C15H17NO4. The van der Waals surface area contributed by atoms with Gasteiger partial charge in [-0.3, -0.25) is 0 Å². The van der Waals surface area contributed by atoms with E-state index in [4.69, 9.17) is 9.47 Å². The summed E-state index contributed by atoms with van der Waals surface area (Å²) in [5.41, 5.74) is 0.899. The van der Waals surface area contributed by atoms with Crippen LogP contribution < -0.4 is 0 Å². The molecule has 5 nitrogen and oxygen atoms in total. The van der Waals surface area contributed by atoms with Crippen LogP contribution in [0.1, 0.15) is 12.5 Å². The second-order valence-corrected chi connectivity index (χ2v) is 4.44. The van der Waals surface area contributed by atoms with Crippen molar-refractivity contribution in [2.24, 2.45) is 0 Å². The van der Waals surface area contributed by atoms with Crippen LogP contribution in [-0.4, -0.2) is 36.2 Å². The van der Waals surface area contributed by atoms with Crippen molar-refractivity contribution in [3.05, 3.63) is 48.0 Å². The van der Waals surface area contributed by atoms with Gasteiger partial charge in [-0.25, -0.2) is 9.59 Å². The minimum atomic E-state index is -0.837. The quantitative estimate of drug-likeness (QED) is 0.610. The zero-order chi connectivity index (χ0) is 14.4. The van der Waals surface area contributed by atoms with Crippen LogP contribution in [0, 0.1) is 0 Å². The van der Waals surface area contributed by atoms with Gasteiger partial charge in [0.1, 0.15) is 6.61 Å². The minimum absolute atomic E-state index is 0.183. The monoisotopic (exact) mass is 275 g/mol. The molecule has 0 aromatic heterocycles. The number of rotatable bonds is 5. The Morgan fingerprint density at radius 3 is 2.90 bits per heavy atom. The van der Waals surface area contributed by atoms with Crippen molar-refractivity contribution in [1.82, 2.24) is 4.90 Å². The van der Waals surface area contributed by atoms with E-state index >= 15 is 0 Å². The molecule has 1 aromatic rings. The van der Waals surface area contributed by atoms with E-state index in [1.54, 1.807) is 0 Å². The van der Waals surface area contributed by atoms with Crippen molar-refractivity contribution >= 4 is 12.1 Å². The van der Waals surface area contributed by atoms with Crippen molar-refractivity contribution in [2.75, 3.05) is 13.1 Å². The lowest BCUT2D eigenvalue weighted by Crippen LogP contribution is -2.29. The Morgan fingerprint density at radius 1 is 1.45 bits per heavy atom. The Morgan fingerprint density at radius 2 is 2.20 bits per heavy atom. The molecule has 1 amide bonds. The molecular weight excluding hydrogens is 258 g/mol. The number of esters is 1. The predicted molar refractivity (Wildman–Crippen MR) is 72.9 cm³/mol. The number of benzene rings is 1. The molecule has 2 rings (SSSR count). The van der Waals surface area contributed by atoms with Gasteiger partial charge in [0, 0.05) is 6.54 Å². The Kier molecular flexibility index (Phi) is 4.76. The number of carbonyl (C=O) groups is 2. The molecule has 0 aliphatic carbocycles. The maximum Gasteiger partial charge on any atom is 0.411 e. The summed E-state index contributed by atoms with van der Waals surface area (Å²) < 4.78 is 10.2. The predicted octanol–water partition coefficient (Wildman–Crippen LogP) is 2.13. The normalized spacial score (nSPS) is 18.4. The fourth-order valence-corrected chi connectivity index (χ4v) is 1.83. The molecule has 1 aliphatic rings. The van der Waals surface area contributed by atoms with Gasteiger partial charge in [-0.05, 0) is 12.5 Å². The van der Waals surface area contributed by atoms with Gasteiger partial charge < -0.3 is 14.4 Å². The first kappa shape index (κ1) is 14.1. The number of nitrogens with zero attached hydrogens (tertiary/aromatic N) is 1. The summed E-state index contributed by atoms with van der Waals surface area (Å²) in [7, 11) is 0. The summed E-state index contributed by atoms with van der Waals surface area (Å²) in [6.45, 7) is 2.73. The maximum absolute atomic E-state index is 11.8. The summed E-state index contributed by atoms with van der Waals surface area (Å²) in [5, 5.41) is 0. The highest BCUT2D eigenvalue weighted by Gasteiger charge is 2.36. The number of carbonyl (C=O) groups excluding carboxylic acids is 2. The topological polar surface area (TPSA) is 55.8 Å². The Hall–Kier alpha value is -2.30. The molecule has 0 N–H and O–H groups in total. The van der Waals surface area contributed by atoms with E-state index in [9.17, 15) is 9.59 Å². The number of hydrogen-bond acceptors (Lipinski definition) is 4. The van der Waals surface area contributed by atoms with E-state index in [1.807, 2.05) is 49.4 Å². The molecule has 106 valence electrons. The zero-order valence-electron chi connectivity index (χ0n) is 11.3. The summed E-state index contributed by atoms with van der Waals surface area (Å²) >= 11 is 0. The Bertz CT molecular complexity index is 498. The molecule has 0 bridgehead atoms. The van der Waals surface area contributed by atoms with Crippen LogP contribution in [0.4, 0.5) is 4.79 Å². The third-order valence-corrected chi connectivity index (χ3v) is 2.94. The van der Waals surface area contributed by atoms with Crippen LogP contribution in [0.2, 0.25) is 0 Å². The standard InChI is InChI=1S/C15H17NO4/c1-2-3-9-16-10-13(20-15(16)18)14(17)19-11-12-7-5-4-6-8-12/h2-8,13H,9-11H2,1H3/t13-/m0/s1. The molecule has 0 spiro atoms. The Labute approximate surface area is 117 Å². The lowest BCUT2D eigenvalue weighted by Gasteiger charge is -2.09. The van der Waals surface area contributed by atoms with E-state index in [1.165, 1.54) is 4.90 Å². The number of cyclic esters (lactones) is 1. The average Bonchev–Trinajstić information content (AvgIpc) is 2.85. The highest BCUT2D eigenvalue weighted by molar-refractivity contribution is 5.82. The molecule has 0 unspecified atom stereocenters. The molecule has 1 saturated heterocycles. The smallest absolute Gasteiger partial charge is 0.411 e. The SMILES string of the molecule is CC=CCN1C[C@@H](C(=O)OCc2ccccc2)OC1=O. The Balaban J connectivity index is 1.83. The second-order valence-electron chi connectivity index (χ2n) is 4.44. The van der Waals surface area contributed by atoms with E-state index in [0.29, 0.717) is 6.54 Å². The molecule has 1 heterocycles. The molecule has 1 fully saturated rings. The fourth-order valence-electron chi connectivity index (χ4n) is 1.83. The highest BCUT2D eigenvalue weighted by atomic mass is 16.6. The number of hydrogen-bond donors (Lipinski definition) is 0. The van der Waals surface area contributed by atoms with Crippen LogP contribution in [-0.2, 0) is 20.9 Å². The summed E-state index contributed by atoms with van der Waals surface area (Å²) in [4.78, 5) is 24.8. The third-order valence-electron chi connectivity index (χ3n) is 2.94. The average molecular weight is 275 g/mol. The highest BCUT2D eigenvalue weighted by Crippen LogP contribution is 2.13. The third kappa shape index (κ3) is 3.60. The molecule has 1 aliphatic heterocycles. The van der Waals surface area contributed by atoms with Gasteiger partial charge in [0.15, 0.2) is 0 Å². The van der Waals surface area contributed by atoms with Crippen molar-refractivity contribution in [3.63, 3.8) is 0 Å². The number of ether oxygens (including phenoxy) is 2. The van der Waals surface area contributed by atoms with Crippen molar-refractivity contribution in [1.29, 1.82) is 0 Å². The van der Waals surface area contributed by atoms with Crippen LogP contribution in [0.25, 0.3) is 0 Å². The second kappa shape index (κ2) is 6.75. The largest absolute Gasteiger partial charge is 0.458 e. The van der Waals surface area contributed by atoms with E-state index < -0.39 is 18.2 Å². The molecule has 1 atom stereocenters. The lowest BCUT2D eigenvalue weighted by molar-refractivity contribution is -0.153. The van der Waals surface area contributed by atoms with Gasteiger partial charge >= 0.3 is 12.1 Å². The number of allylic oxidation sites excluding steroid dienone is 1. The first-order valence-corrected chi connectivity index (χ1v) is 6.48. The van der Waals surface area contributed by atoms with Crippen molar-refractivity contribution in [3.8, 4) is 0 Å². The van der Waals surface area contributed by atoms with Crippen LogP contribution >= 0.6 is 0 Å². The van der Waals surface area contributed by atoms with Gasteiger partial charge in [0.25, 0.3) is 0 Å². The van der Waals surface area contributed by atoms with Gasteiger partial charge in [0.05, 0.1) is 6.54 Å². The van der Waals surface area contributed by atoms with Crippen LogP contribution in [0.3, 0.4) is 0 Å². The first-order chi connectivity index (χ1) is 9.70. The summed E-state index contributed by atoms with van der Waals surface area (Å²) in [6, 6.07) is 9.37. The number of amides is 1.